The van der Waals surface area contributed by atoms with Gasteiger partial charge in [-0.05, 0) is 41.9 Å². The topological polar surface area (TPSA) is 15.6 Å². The lowest BCUT2D eigenvalue weighted by Crippen LogP contribution is -2.29. The molecular formula is C36H62N2S. The third kappa shape index (κ3) is 16.4. The Hall–Kier alpha value is -2.26. The fourth-order valence-electron chi connectivity index (χ4n) is 3.46. The van der Waals surface area contributed by atoms with Crippen LogP contribution in [0.5, 0.6) is 0 Å². The predicted molar refractivity (Wildman–Crippen MR) is 187 cm³/mol. The van der Waals surface area contributed by atoms with Crippen LogP contribution in [-0.2, 0) is 5.41 Å². The lowest BCUT2D eigenvalue weighted by Gasteiger charge is -2.28. The first kappa shape index (κ1) is 41.2. The van der Waals surface area contributed by atoms with Crippen molar-refractivity contribution in [1.29, 1.82) is 0 Å². The van der Waals surface area contributed by atoms with E-state index in [0.717, 1.165) is 42.4 Å². The summed E-state index contributed by atoms with van der Waals surface area (Å²) in [6, 6.07) is 8.82. The van der Waals surface area contributed by atoms with E-state index < -0.39 is 0 Å². The van der Waals surface area contributed by atoms with Gasteiger partial charge in [-0.25, -0.2) is 0 Å². The van der Waals surface area contributed by atoms with Gasteiger partial charge in [-0.1, -0.05) is 144 Å². The molecule has 0 fully saturated rings. The van der Waals surface area contributed by atoms with E-state index in [4.69, 9.17) is 4.99 Å². The summed E-state index contributed by atoms with van der Waals surface area (Å²) in [4.78, 5) is 7.35. The van der Waals surface area contributed by atoms with Gasteiger partial charge in [0.15, 0.2) is 0 Å². The summed E-state index contributed by atoms with van der Waals surface area (Å²) in [6.07, 6.45) is 10.7. The first-order chi connectivity index (χ1) is 18.6. The molecule has 222 valence electrons. The van der Waals surface area contributed by atoms with Crippen molar-refractivity contribution in [2.24, 2.45) is 10.9 Å². The maximum absolute atomic E-state index is 5.04. The Morgan fingerprint density at radius 1 is 1.00 bits per heavy atom. The van der Waals surface area contributed by atoms with Crippen molar-refractivity contribution in [1.82, 2.24) is 4.90 Å². The van der Waals surface area contributed by atoms with Gasteiger partial charge in [-0.3, -0.25) is 4.99 Å². The van der Waals surface area contributed by atoms with E-state index in [1.807, 2.05) is 79.7 Å². The van der Waals surface area contributed by atoms with Gasteiger partial charge in [0, 0.05) is 25.3 Å². The molecule has 0 amide bonds. The summed E-state index contributed by atoms with van der Waals surface area (Å²) >= 11 is 4.44. The smallest absolute Gasteiger partial charge is 0.0896 e. The molecule has 0 unspecified atom stereocenters. The first-order valence-electron chi connectivity index (χ1n) is 14.9. The Morgan fingerprint density at radius 3 is 1.90 bits per heavy atom. The minimum absolute atomic E-state index is 0.149. The molecule has 1 aliphatic heterocycles. The van der Waals surface area contributed by atoms with Crippen LogP contribution in [0.25, 0.3) is 0 Å². The third-order valence-electron chi connectivity index (χ3n) is 5.37. The Bertz CT molecular complexity index is 887. The second kappa shape index (κ2) is 24.8. The van der Waals surface area contributed by atoms with Crippen LogP contribution in [0.2, 0.25) is 0 Å². The van der Waals surface area contributed by atoms with Gasteiger partial charge in [0.2, 0.25) is 0 Å². The zero-order valence-corrected chi connectivity index (χ0v) is 28.8. The van der Waals surface area contributed by atoms with Crippen LogP contribution in [0, 0.1) is 5.92 Å². The van der Waals surface area contributed by atoms with Crippen LogP contribution < -0.4 is 0 Å². The Labute approximate surface area is 250 Å². The molecule has 0 N–H and O–H groups in total. The lowest BCUT2D eigenvalue weighted by molar-refractivity contribution is 0.327. The van der Waals surface area contributed by atoms with E-state index in [1.165, 1.54) is 16.7 Å². The zero-order chi connectivity index (χ0) is 31.0. The number of hydrogen-bond donors (Lipinski definition) is 1. The molecule has 0 bridgehead atoms. The van der Waals surface area contributed by atoms with E-state index in [-0.39, 0.29) is 5.41 Å². The lowest BCUT2D eigenvalue weighted by atomic mass is 9.86. The zero-order valence-electron chi connectivity index (χ0n) is 27.9. The van der Waals surface area contributed by atoms with Crippen LogP contribution >= 0.6 is 12.6 Å². The van der Waals surface area contributed by atoms with Crippen molar-refractivity contribution in [3.05, 3.63) is 95.9 Å². The molecule has 0 aliphatic carbocycles. The Morgan fingerprint density at radius 2 is 1.51 bits per heavy atom. The number of nitrogens with zero attached hydrogens (tertiary/aromatic N) is 2. The largest absolute Gasteiger partial charge is 0.369 e. The summed E-state index contributed by atoms with van der Waals surface area (Å²) in [6.45, 7) is 37.2. The molecule has 2 nitrogen and oxygen atoms in total. The van der Waals surface area contributed by atoms with Crippen molar-refractivity contribution in [3.8, 4) is 0 Å². The molecule has 1 aliphatic rings. The molecule has 0 radical (unpaired) electrons. The minimum atomic E-state index is 0.149. The molecule has 1 heterocycles. The molecule has 3 heteroatoms. The van der Waals surface area contributed by atoms with Crippen LogP contribution in [0.1, 0.15) is 108 Å². The monoisotopic (exact) mass is 554 g/mol. The van der Waals surface area contributed by atoms with E-state index in [2.05, 4.69) is 95.6 Å². The highest BCUT2D eigenvalue weighted by Gasteiger charge is 2.23. The van der Waals surface area contributed by atoms with E-state index in [0.29, 0.717) is 5.92 Å². The first-order valence-corrected chi connectivity index (χ1v) is 15.5. The van der Waals surface area contributed by atoms with Crippen LogP contribution in [0.15, 0.2) is 89.8 Å². The van der Waals surface area contributed by atoms with Crippen molar-refractivity contribution in [2.45, 2.75) is 102 Å². The number of aliphatic imine (C=N–C) groups is 1. The highest BCUT2D eigenvalue weighted by Crippen LogP contribution is 2.31. The Kier molecular flexibility index (Phi) is 26.2. The number of benzene rings is 1. The second-order valence-corrected chi connectivity index (χ2v) is 10.2. The molecule has 0 saturated heterocycles. The van der Waals surface area contributed by atoms with Crippen molar-refractivity contribution in [2.75, 3.05) is 18.8 Å². The summed E-state index contributed by atoms with van der Waals surface area (Å²) in [5.74, 6) is 1.34. The van der Waals surface area contributed by atoms with Gasteiger partial charge < -0.3 is 4.90 Å². The quantitative estimate of drug-likeness (QED) is 0.182. The maximum atomic E-state index is 5.04. The van der Waals surface area contributed by atoms with Gasteiger partial charge >= 0.3 is 0 Å². The minimum Gasteiger partial charge on any atom is -0.369 e. The van der Waals surface area contributed by atoms with Crippen LogP contribution in [0.4, 0.5) is 0 Å². The van der Waals surface area contributed by atoms with Crippen LogP contribution in [0.3, 0.4) is 0 Å². The number of allylic oxidation sites excluding steroid dienone is 6. The third-order valence-corrected chi connectivity index (χ3v) is 5.57. The van der Waals surface area contributed by atoms with Crippen LogP contribution in [-0.4, -0.2) is 29.5 Å². The predicted octanol–water partition coefficient (Wildman–Crippen LogP) is 11.2. The van der Waals surface area contributed by atoms with Crippen molar-refractivity contribution < 1.29 is 0 Å². The normalized spacial score (nSPS) is 12.3. The van der Waals surface area contributed by atoms with Gasteiger partial charge in [-0.15, -0.1) is 0 Å². The maximum Gasteiger partial charge on any atom is 0.0896 e. The summed E-state index contributed by atoms with van der Waals surface area (Å²) in [5.41, 5.74) is 6.92. The highest BCUT2D eigenvalue weighted by molar-refractivity contribution is 7.80. The number of rotatable bonds is 9. The van der Waals surface area contributed by atoms with Gasteiger partial charge in [0.05, 0.1) is 17.1 Å². The van der Waals surface area contributed by atoms with Crippen molar-refractivity contribution >= 4 is 18.3 Å². The number of thiol groups is 1. The molecule has 1 aromatic carbocycles. The second-order valence-electron chi connectivity index (χ2n) is 9.71. The molecular weight excluding hydrogens is 492 g/mol. The highest BCUT2D eigenvalue weighted by atomic mass is 32.1. The average molecular weight is 555 g/mol. The van der Waals surface area contributed by atoms with Gasteiger partial charge in [0.25, 0.3) is 0 Å². The molecule has 39 heavy (non-hydrogen) atoms. The van der Waals surface area contributed by atoms with Gasteiger partial charge in [-0.2, -0.15) is 12.6 Å². The van der Waals surface area contributed by atoms with Gasteiger partial charge in [0.1, 0.15) is 0 Å². The molecule has 0 atom stereocenters. The summed E-state index contributed by atoms with van der Waals surface area (Å²) in [7, 11) is 0. The summed E-state index contributed by atoms with van der Waals surface area (Å²) in [5, 5.41) is 0. The average Bonchev–Trinajstić information content (AvgIpc) is 3.38. The van der Waals surface area contributed by atoms with E-state index in [1.54, 1.807) is 0 Å². The van der Waals surface area contributed by atoms with E-state index in [9.17, 15) is 0 Å². The SMILES string of the molecule is C/C=C\C.C=C/C=C/C1=C(C(=C)N(CCS)CC(C)C)N=C(c2ccc(C(C)(C)C)cc2)C1.CC.CC.CC. The molecule has 1 aromatic rings. The molecule has 2 rings (SSSR count). The summed E-state index contributed by atoms with van der Waals surface area (Å²) < 4.78 is 0. The fourth-order valence-corrected chi connectivity index (χ4v) is 3.70. The van der Waals surface area contributed by atoms with Crippen molar-refractivity contribution in [3.63, 3.8) is 0 Å². The Balaban J connectivity index is -0.00000114. The fraction of sp³-hybridized carbons (Fsp3) is 0.528. The molecule has 0 spiro atoms. The number of hydrogen-bond acceptors (Lipinski definition) is 3. The molecule has 0 saturated carbocycles. The van der Waals surface area contributed by atoms with E-state index >= 15 is 0 Å². The standard InChI is InChI=1S/C26H36N2S.C4H8.3C2H6/c1-8-9-10-22-17-24(21-11-13-23(14-12-21)26(5,6)7)27-25(22)20(4)28(15-16-29)18-19(2)3;1-3-4-2;3*1-2/h8-14,19,29H,1,4,15-18H2,2-3,5-7H3;3-4H,1-2H3;3*1-2H3/b10-9+;4-3-;;;. The molecule has 0 aromatic heterocycles.